The highest BCUT2D eigenvalue weighted by Gasteiger charge is 2.24. The van der Waals surface area contributed by atoms with Gasteiger partial charge in [0.15, 0.2) is 0 Å². The molecular formula is C10H15N3O3S. The number of anilines is 1. The average Bonchev–Trinajstić information content (AvgIpc) is 2.25. The maximum Gasteiger partial charge on any atom is 0.243 e. The molecule has 1 aromatic carbocycles. The number of hydrogen-bond acceptors (Lipinski definition) is 4. The van der Waals surface area contributed by atoms with Gasteiger partial charge in [-0.25, -0.2) is 8.42 Å². The summed E-state index contributed by atoms with van der Waals surface area (Å²) in [6.45, 7) is 1.46. The molecule has 7 heteroatoms. The highest BCUT2D eigenvalue weighted by molar-refractivity contribution is 7.89. The van der Waals surface area contributed by atoms with Crippen LogP contribution in [0.1, 0.15) is 6.92 Å². The number of amides is 1. The number of primary amides is 1. The van der Waals surface area contributed by atoms with Gasteiger partial charge < -0.3 is 11.5 Å². The molecule has 1 rings (SSSR count). The quantitative estimate of drug-likeness (QED) is 0.710. The van der Waals surface area contributed by atoms with Gasteiger partial charge in [0.1, 0.15) is 0 Å². The van der Waals surface area contributed by atoms with Gasteiger partial charge in [0.05, 0.1) is 11.4 Å². The Labute approximate surface area is 100 Å². The summed E-state index contributed by atoms with van der Waals surface area (Å²) in [5, 5.41) is 0. The van der Waals surface area contributed by atoms with E-state index in [1.165, 1.54) is 12.1 Å². The Morgan fingerprint density at radius 3 is 2.53 bits per heavy atom. The van der Waals surface area contributed by atoms with Crippen molar-refractivity contribution in [2.45, 2.75) is 11.8 Å². The molecule has 0 radical (unpaired) electrons. The van der Waals surface area contributed by atoms with E-state index in [4.69, 9.17) is 11.5 Å². The highest BCUT2D eigenvalue weighted by Crippen LogP contribution is 2.17. The Kier molecular flexibility index (Phi) is 4.08. The molecule has 0 unspecified atom stereocenters. The molecule has 0 aliphatic heterocycles. The minimum absolute atomic E-state index is 0.0561. The van der Waals surface area contributed by atoms with E-state index in [-0.39, 0.29) is 18.0 Å². The normalized spacial score (nSPS) is 11.6. The summed E-state index contributed by atoms with van der Waals surface area (Å²) >= 11 is 0. The Morgan fingerprint density at radius 2 is 2.06 bits per heavy atom. The minimum atomic E-state index is -3.72. The Hall–Kier alpha value is -1.60. The summed E-state index contributed by atoms with van der Waals surface area (Å²) in [6.07, 6.45) is 0. The van der Waals surface area contributed by atoms with Crippen LogP contribution >= 0.6 is 0 Å². The summed E-state index contributed by atoms with van der Waals surface area (Å²) in [7, 11) is -3.72. The van der Waals surface area contributed by atoms with Crippen LogP contribution in [0.5, 0.6) is 0 Å². The summed E-state index contributed by atoms with van der Waals surface area (Å²) in [5.74, 6) is -0.695. The molecule has 0 heterocycles. The maximum atomic E-state index is 12.1. The smallest absolute Gasteiger partial charge is 0.243 e. The van der Waals surface area contributed by atoms with Crippen LogP contribution in [0.15, 0.2) is 29.2 Å². The van der Waals surface area contributed by atoms with Gasteiger partial charge in [0.2, 0.25) is 15.9 Å². The van der Waals surface area contributed by atoms with Crippen LogP contribution in [-0.2, 0) is 14.8 Å². The van der Waals surface area contributed by atoms with Crippen molar-refractivity contribution in [1.82, 2.24) is 4.31 Å². The lowest BCUT2D eigenvalue weighted by molar-refractivity contribution is -0.118. The van der Waals surface area contributed by atoms with Crippen LogP contribution in [0, 0.1) is 0 Å². The number of rotatable bonds is 5. The van der Waals surface area contributed by atoms with Gasteiger partial charge in [-0.15, -0.1) is 0 Å². The molecule has 1 amide bonds. The Bertz CT molecular complexity index is 513. The third-order valence-corrected chi connectivity index (χ3v) is 4.10. The first-order valence-electron chi connectivity index (χ1n) is 5.02. The van der Waals surface area contributed by atoms with Crippen LogP contribution in [0.3, 0.4) is 0 Å². The lowest BCUT2D eigenvalue weighted by Gasteiger charge is -2.18. The molecule has 0 atom stereocenters. The molecular weight excluding hydrogens is 242 g/mol. The minimum Gasteiger partial charge on any atom is -0.399 e. The van der Waals surface area contributed by atoms with Crippen molar-refractivity contribution in [2.75, 3.05) is 18.8 Å². The van der Waals surface area contributed by atoms with Crippen molar-refractivity contribution >= 4 is 21.6 Å². The fourth-order valence-corrected chi connectivity index (χ4v) is 2.84. The standard InChI is InChI=1S/C10H15N3O3S/c1-2-13(7-10(12)14)17(15,16)9-5-3-4-8(11)6-9/h3-6H,2,7,11H2,1H3,(H2,12,14). The monoisotopic (exact) mass is 257 g/mol. The van der Waals surface area contributed by atoms with Crippen molar-refractivity contribution in [3.63, 3.8) is 0 Å². The van der Waals surface area contributed by atoms with Crippen LogP contribution in [-0.4, -0.2) is 31.7 Å². The second kappa shape index (κ2) is 5.15. The van der Waals surface area contributed by atoms with Crippen LogP contribution in [0.4, 0.5) is 5.69 Å². The van der Waals surface area contributed by atoms with E-state index in [0.717, 1.165) is 4.31 Å². The average molecular weight is 257 g/mol. The van der Waals surface area contributed by atoms with Crippen molar-refractivity contribution in [3.05, 3.63) is 24.3 Å². The number of benzene rings is 1. The number of sulfonamides is 1. The van der Waals surface area contributed by atoms with E-state index in [9.17, 15) is 13.2 Å². The molecule has 4 N–H and O–H groups in total. The molecule has 6 nitrogen and oxygen atoms in total. The second-order valence-corrected chi connectivity index (χ2v) is 5.41. The van der Waals surface area contributed by atoms with E-state index in [1.54, 1.807) is 19.1 Å². The molecule has 0 aliphatic rings. The fourth-order valence-electron chi connectivity index (χ4n) is 1.36. The zero-order chi connectivity index (χ0) is 13.1. The zero-order valence-corrected chi connectivity index (χ0v) is 10.3. The first kappa shape index (κ1) is 13.5. The van der Waals surface area contributed by atoms with E-state index in [0.29, 0.717) is 5.69 Å². The third kappa shape index (κ3) is 3.18. The van der Waals surface area contributed by atoms with Gasteiger partial charge in [0.25, 0.3) is 0 Å². The predicted octanol–water partition coefficient (Wildman–Crippen LogP) is -0.235. The fraction of sp³-hybridized carbons (Fsp3) is 0.300. The molecule has 1 aromatic rings. The van der Waals surface area contributed by atoms with Crippen molar-refractivity contribution in [2.24, 2.45) is 5.73 Å². The van der Waals surface area contributed by atoms with E-state index < -0.39 is 15.9 Å². The number of nitrogens with zero attached hydrogens (tertiary/aromatic N) is 1. The number of nitrogens with two attached hydrogens (primary N) is 2. The number of carbonyl (C=O) groups is 1. The maximum absolute atomic E-state index is 12.1. The summed E-state index contributed by atoms with van der Waals surface area (Å²) in [5.41, 5.74) is 10.9. The van der Waals surface area contributed by atoms with E-state index >= 15 is 0 Å². The van der Waals surface area contributed by atoms with Gasteiger partial charge in [0, 0.05) is 12.2 Å². The second-order valence-electron chi connectivity index (χ2n) is 3.47. The summed E-state index contributed by atoms with van der Waals surface area (Å²) in [6, 6.07) is 5.90. The molecule has 0 bridgehead atoms. The SMILES string of the molecule is CCN(CC(N)=O)S(=O)(=O)c1cccc(N)c1. The van der Waals surface area contributed by atoms with Gasteiger partial charge in [-0.2, -0.15) is 4.31 Å². The van der Waals surface area contributed by atoms with Gasteiger partial charge in [-0.05, 0) is 18.2 Å². The molecule has 0 spiro atoms. The van der Waals surface area contributed by atoms with Crippen LogP contribution in [0.25, 0.3) is 0 Å². The van der Waals surface area contributed by atoms with Crippen molar-refractivity contribution in [3.8, 4) is 0 Å². The first-order chi connectivity index (χ1) is 7.87. The molecule has 0 aromatic heterocycles. The van der Waals surface area contributed by atoms with Crippen LogP contribution in [0.2, 0.25) is 0 Å². The molecule has 0 saturated carbocycles. The van der Waals surface area contributed by atoms with E-state index in [2.05, 4.69) is 0 Å². The summed E-state index contributed by atoms with van der Waals surface area (Å²) < 4.78 is 25.2. The van der Waals surface area contributed by atoms with E-state index in [1.807, 2.05) is 0 Å². The highest BCUT2D eigenvalue weighted by atomic mass is 32.2. The number of likely N-dealkylation sites (N-methyl/N-ethyl adjacent to an activating group) is 1. The molecule has 0 aliphatic carbocycles. The lowest BCUT2D eigenvalue weighted by Crippen LogP contribution is -2.38. The Balaban J connectivity index is 3.13. The van der Waals surface area contributed by atoms with Crippen molar-refractivity contribution in [1.29, 1.82) is 0 Å². The van der Waals surface area contributed by atoms with Gasteiger partial charge in [-0.1, -0.05) is 13.0 Å². The topological polar surface area (TPSA) is 106 Å². The zero-order valence-electron chi connectivity index (χ0n) is 9.46. The van der Waals surface area contributed by atoms with Crippen molar-refractivity contribution < 1.29 is 13.2 Å². The van der Waals surface area contributed by atoms with Crippen LogP contribution < -0.4 is 11.5 Å². The molecule has 94 valence electrons. The summed E-state index contributed by atoms with van der Waals surface area (Å²) in [4.78, 5) is 10.9. The first-order valence-corrected chi connectivity index (χ1v) is 6.46. The third-order valence-electron chi connectivity index (χ3n) is 2.18. The number of hydrogen-bond donors (Lipinski definition) is 2. The number of nitrogen functional groups attached to an aromatic ring is 1. The molecule has 0 saturated heterocycles. The molecule has 17 heavy (non-hydrogen) atoms. The number of carbonyl (C=O) groups excluding carboxylic acids is 1. The molecule has 0 fully saturated rings. The lowest BCUT2D eigenvalue weighted by atomic mass is 10.3. The largest absolute Gasteiger partial charge is 0.399 e. The van der Waals surface area contributed by atoms with Gasteiger partial charge in [-0.3, -0.25) is 4.79 Å². The Morgan fingerprint density at radius 1 is 1.41 bits per heavy atom. The predicted molar refractivity (Wildman–Crippen MR) is 64.5 cm³/mol. The van der Waals surface area contributed by atoms with Gasteiger partial charge >= 0.3 is 0 Å².